The smallest absolute Gasteiger partial charge is 0.205 e. The molecular formula is C14H19NO2. The third kappa shape index (κ3) is 2.10. The minimum absolute atomic E-state index is 0.507. The summed E-state index contributed by atoms with van der Waals surface area (Å²) in [5, 5.41) is 10.6. The molecular weight excluding hydrogens is 214 g/mol. The van der Waals surface area contributed by atoms with Crippen LogP contribution in [0.5, 0.6) is 0 Å². The lowest BCUT2D eigenvalue weighted by molar-refractivity contribution is -0.264. The normalized spacial score (nSPS) is 34.3. The Morgan fingerprint density at radius 2 is 2.06 bits per heavy atom. The van der Waals surface area contributed by atoms with E-state index in [1.54, 1.807) is 0 Å². The molecule has 0 radical (unpaired) electrons. The van der Waals surface area contributed by atoms with Crippen molar-refractivity contribution in [2.75, 3.05) is 19.7 Å². The van der Waals surface area contributed by atoms with Gasteiger partial charge < -0.3 is 9.84 Å². The van der Waals surface area contributed by atoms with Crippen LogP contribution in [0.15, 0.2) is 30.3 Å². The molecule has 0 aromatic heterocycles. The first kappa shape index (κ1) is 11.2. The highest BCUT2D eigenvalue weighted by atomic mass is 16.6. The molecule has 2 heterocycles. The lowest BCUT2D eigenvalue weighted by Crippen LogP contribution is -2.56. The zero-order valence-electron chi connectivity index (χ0n) is 10.0. The van der Waals surface area contributed by atoms with Crippen LogP contribution < -0.4 is 0 Å². The van der Waals surface area contributed by atoms with Crippen LogP contribution in [0.4, 0.5) is 0 Å². The van der Waals surface area contributed by atoms with Gasteiger partial charge in [-0.1, -0.05) is 36.8 Å². The van der Waals surface area contributed by atoms with E-state index >= 15 is 0 Å². The third-order valence-electron chi connectivity index (χ3n) is 3.91. The zero-order valence-corrected chi connectivity index (χ0v) is 10.0. The number of fused-ring (bicyclic) bond motifs is 1. The lowest BCUT2D eigenvalue weighted by atomic mass is 9.96. The summed E-state index contributed by atoms with van der Waals surface area (Å²) < 4.78 is 5.73. The number of aliphatic hydroxyl groups is 1. The highest BCUT2D eigenvalue weighted by Crippen LogP contribution is 2.32. The van der Waals surface area contributed by atoms with E-state index in [2.05, 4.69) is 4.90 Å². The molecule has 3 heteroatoms. The van der Waals surface area contributed by atoms with Crippen molar-refractivity contribution in [2.24, 2.45) is 0 Å². The van der Waals surface area contributed by atoms with Crippen molar-refractivity contribution in [2.45, 2.75) is 31.1 Å². The number of ether oxygens (including phenoxy) is 1. The van der Waals surface area contributed by atoms with Crippen molar-refractivity contribution < 1.29 is 9.84 Å². The maximum atomic E-state index is 10.6. The van der Waals surface area contributed by atoms with Gasteiger partial charge in [-0.25, -0.2) is 0 Å². The largest absolute Gasteiger partial charge is 0.361 e. The Morgan fingerprint density at radius 3 is 2.88 bits per heavy atom. The molecule has 3 nitrogen and oxygen atoms in total. The van der Waals surface area contributed by atoms with Crippen LogP contribution in [0.2, 0.25) is 0 Å². The number of benzene rings is 1. The molecule has 0 saturated carbocycles. The number of morpholine rings is 1. The van der Waals surface area contributed by atoms with E-state index in [1.807, 2.05) is 30.3 Å². The summed E-state index contributed by atoms with van der Waals surface area (Å²) in [6.45, 7) is 2.33. The van der Waals surface area contributed by atoms with Crippen molar-refractivity contribution >= 4 is 0 Å². The molecule has 0 amide bonds. The Morgan fingerprint density at radius 1 is 1.24 bits per heavy atom. The summed E-state index contributed by atoms with van der Waals surface area (Å²) in [6.07, 6.45) is 3.72. The van der Waals surface area contributed by atoms with Gasteiger partial charge >= 0.3 is 0 Å². The second-order valence-corrected chi connectivity index (χ2v) is 5.08. The highest BCUT2D eigenvalue weighted by molar-refractivity contribution is 5.21. The monoisotopic (exact) mass is 233 g/mol. The molecule has 0 spiro atoms. The van der Waals surface area contributed by atoms with E-state index < -0.39 is 5.79 Å². The van der Waals surface area contributed by atoms with Crippen molar-refractivity contribution in [1.82, 2.24) is 4.90 Å². The number of piperidine rings is 1. The van der Waals surface area contributed by atoms with Crippen LogP contribution in [0.25, 0.3) is 0 Å². The number of hydrogen-bond acceptors (Lipinski definition) is 3. The Balaban J connectivity index is 1.80. The molecule has 92 valence electrons. The molecule has 2 saturated heterocycles. The topological polar surface area (TPSA) is 32.7 Å². The minimum Gasteiger partial charge on any atom is -0.361 e. The second kappa shape index (κ2) is 4.41. The van der Waals surface area contributed by atoms with Gasteiger partial charge in [0, 0.05) is 11.6 Å². The molecule has 1 N–H and O–H groups in total. The van der Waals surface area contributed by atoms with Crippen LogP contribution >= 0.6 is 0 Å². The molecule has 1 aromatic rings. The predicted octanol–water partition coefficient (Wildman–Crippen LogP) is 1.72. The highest BCUT2D eigenvalue weighted by Gasteiger charge is 2.40. The molecule has 2 atom stereocenters. The Bertz CT molecular complexity index is 381. The van der Waals surface area contributed by atoms with Gasteiger partial charge in [-0.2, -0.15) is 0 Å². The predicted molar refractivity (Wildman–Crippen MR) is 65.5 cm³/mol. The van der Waals surface area contributed by atoms with Crippen LogP contribution in [0, 0.1) is 0 Å². The minimum atomic E-state index is -1.12. The van der Waals surface area contributed by atoms with Gasteiger partial charge in [-0.3, -0.25) is 4.90 Å². The molecule has 0 aliphatic carbocycles. The van der Waals surface area contributed by atoms with E-state index in [9.17, 15) is 5.11 Å². The van der Waals surface area contributed by atoms with E-state index in [0.717, 1.165) is 12.1 Å². The number of rotatable bonds is 1. The average Bonchev–Trinajstić information content (AvgIpc) is 2.40. The Labute approximate surface area is 102 Å². The van der Waals surface area contributed by atoms with Crippen LogP contribution in [0.1, 0.15) is 24.8 Å². The fourth-order valence-corrected chi connectivity index (χ4v) is 2.89. The molecule has 2 aliphatic heterocycles. The number of nitrogens with zero attached hydrogens (tertiary/aromatic N) is 1. The fourth-order valence-electron chi connectivity index (χ4n) is 2.89. The van der Waals surface area contributed by atoms with E-state index in [4.69, 9.17) is 4.74 Å². The average molecular weight is 233 g/mol. The molecule has 2 aliphatic rings. The van der Waals surface area contributed by atoms with Crippen molar-refractivity contribution in [3.8, 4) is 0 Å². The lowest BCUT2D eigenvalue weighted by Gasteiger charge is -2.46. The van der Waals surface area contributed by atoms with E-state index in [0.29, 0.717) is 19.2 Å². The van der Waals surface area contributed by atoms with E-state index in [-0.39, 0.29) is 0 Å². The summed E-state index contributed by atoms with van der Waals surface area (Å²) in [6, 6.07) is 10.2. The second-order valence-electron chi connectivity index (χ2n) is 5.08. The first-order valence-electron chi connectivity index (χ1n) is 6.44. The fraction of sp³-hybridized carbons (Fsp3) is 0.571. The Hall–Kier alpha value is -0.900. The van der Waals surface area contributed by atoms with Crippen LogP contribution in [0.3, 0.4) is 0 Å². The van der Waals surface area contributed by atoms with Gasteiger partial charge in [0.25, 0.3) is 0 Å². The summed E-state index contributed by atoms with van der Waals surface area (Å²) in [5.74, 6) is -1.12. The van der Waals surface area contributed by atoms with E-state index in [1.165, 1.54) is 19.3 Å². The molecule has 2 fully saturated rings. The molecule has 1 aromatic carbocycles. The van der Waals surface area contributed by atoms with Gasteiger partial charge in [0.1, 0.15) is 0 Å². The molecule has 0 bridgehead atoms. The quantitative estimate of drug-likeness (QED) is 0.801. The van der Waals surface area contributed by atoms with Crippen LogP contribution in [-0.2, 0) is 10.5 Å². The maximum absolute atomic E-state index is 10.6. The zero-order chi connectivity index (χ0) is 11.7. The maximum Gasteiger partial charge on any atom is 0.205 e. The van der Waals surface area contributed by atoms with Gasteiger partial charge in [0.05, 0.1) is 13.2 Å². The van der Waals surface area contributed by atoms with Gasteiger partial charge in [0.2, 0.25) is 5.79 Å². The van der Waals surface area contributed by atoms with Crippen LogP contribution in [-0.4, -0.2) is 35.7 Å². The van der Waals surface area contributed by atoms with Gasteiger partial charge in [-0.05, 0) is 19.4 Å². The molecule has 17 heavy (non-hydrogen) atoms. The van der Waals surface area contributed by atoms with Crippen molar-refractivity contribution in [3.05, 3.63) is 35.9 Å². The Kier molecular flexibility index (Phi) is 2.90. The molecule has 3 rings (SSSR count). The first-order chi connectivity index (χ1) is 8.28. The SMILES string of the molecule is O[C@@]1(c2ccccc2)CN2CCCC[C@@H]2CO1. The van der Waals surface area contributed by atoms with Gasteiger partial charge in [-0.15, -0.1) is 0 Å². The standard InChI is InChI=1S/C14H19NO2/c16-14(12-6-2-1-3-7-12)11-15-9-5-4-8-13(15)10-17-14/h1-3,6-7,13,16H,4-5,8-11H2/t13-,14+/m1/s1. The molecule has 0 unspecified atom stereocenters. The van der Waals surface area contributed by atoms with Gasteiger partial charge in [0.15, 0.2) is 0 Å². The summed E-state index contributed by atoms with van der Waals surface area (Å²) in [7, 11) is 0. The summed E-state index contributed by atoms with van der Waals surface area (Å²) >= 11 is 0. The first-order valence-corrected chi connectivity index (χ1v) is 6.44. The third-order valence-corrected chi connectivity index (χ3v) is 3.91. The summed E-state index contributed by atoms with van der Waals surface area (Å²) in [4.78, 5) is 2.38. The number of hydrogen-bond donors (Lipinski definition) is 1. The van der Waals surface area contributed by atoms with Crippen molar-refractivity contribution in [3.63, 3.8) is 0 Å². The summed E-state index contributed by atoms with van der Waals surface area (Å²) in [5.41, 5.74) is 0.865. The van der Waals surface area contributed by atoms with Crippen molar-refractivity contribution in [1.29, 1.82) is 0 Å².